The number of hydrogen-bond acceptors (Lipinski definition) is 3. The molecule has 2 fully saturated rings. The molecule has 0 aromatic heterocycles. The van der Waals surface area contributed by atoms with Crippen molar-refractivity contribution in [2.24, 2.45) is 5.92 Å². The van der Waals surface area contributed by atoms with Crippen molar-refractivity contribution in [2.45, 2.75) is 50.7 Å². The Morgan fingerprint density at radius 2 is 1.83 bits per heavy atom. The van der Waals surface area contributed by atoms with Crippen molar-refractivity contribution < 1.29 is 13.9 Å². The molecular weight excluding hydrogens is 293 g/mol. The highest BCUT2D eigenvalue weighted by Crippen LogP contribution is 2.34. The van der Waals surface area contributed by atoms with Crippen LogP contribution in [0.2, 0.25) is 0 Å². The monoisotopic (exact) mass is 319 g/mol. The van der Waals surface area contributed by atoms with Crippen molar-refractivity contribution in [3.05, 3.63) is 35.9 Å². The van der Waals surface area contributed by atoms with Crippen LogP contribution in [0.1, 0.15) is 37.7 Å². The number of fused-ring (bicyclic) bond motifs is 2. The summed E-state index contributed by atoms with van der Waals surface area (Å²) in [6.45, 7) is 2.05. The number of morpholine rings is 1. The lowest BCUT2D eigenvalue weighted by Gasteiger charge is -2.48. The van der Waals surface area contributed by atoms with Crippen molar-refractivity contribution in [1.29, 1.82) is 0 Å². The fourth-order valence-electron chi connectivity index (χ4n) is 3.90. The number of alkyl halides is 1. The molecule has 2 aliphatic rings. The highest BCUT2D eigenvalue weighted by molar-refractivity contribution is 5.81. The van der Waals surface area contributed by atoms with Gasteiger partial charge in [0.25, 0.3) is 0 Å². The van der Waals surface area contributed by atoms with Gasteiger partial charge in [0.05, 0.1) is 19.9 Å². The zero-order chi connectivity index (χ0) is 16.1. The Labute approximate surface area is 137 Å². The Morgan fingerprint density at radius 3 is 2.48 bits per heavy atom. The smallest absolute Gasteiger partial charge is 0.136 e. The fraction of sp³-hybridized carbons (Fsp3) is 0.632. The molecule has 4 heteroatoms. The number of ether oxygens (including phenoxy) is 1. The van der Waals surface area contributed by atoms with Crippen molar-refractivity contribution in [3.63, 3.8) is 0 Å². The third kappa shape index (κ3) is 4.18. The third-order valence-electron chi connectivity index (χ3n) is 5.14. The Morgan fingerprint density at radius 1 is 1.13 bits per heavy atom. The topological polar surface area (TPSA) is 29.5 Å². The molecule has 2 atom stereocenters. The summed E-state index contributed by atoms with van der Waals surface area (Å²) in [7, 11) is 0. The van der Waals surface area contributed by atoms with Gasteiger partial charge in [-0.05, 0) is 31.2 Å². The number of carbonyl (C=O) groups is 1. The van der Waals surface area contributed by atoms with Crippen LogP contribution in [-0.2, 0) is 16.1 Å². The van der Waals surface area contributed by atoms with Gasteiger partial charge in [0.1, 0.15) is 5.78 Å². The highest BCUT2D eigenvalue weighted by Gasteiger charge is 2.40. The molecule has 0 spiro atoms. The van der Waals surface area contributed by atoms with Gasteiger partial charge in [-0.15, -0.1) is 0 Å². The van der Waals surface area contributed by atoms with Crippen LogP contribution in [0, 0.1) is 5.92 Å². The van der Waals surface area contributed by atoms with E-state index in [9.17, 15) is 9.18 Å². The lowest BCUT2D eigenvalue weighted by Crippen LogP contribution is -2.57. The number of halogens is 1. The maximum Gasteiger partial charge on any atom is 0.136 e. The average Bonchev–Trinajstić information content (AvgIpc) is 2.55. The van der Waals surface area contributed by atoms with E-state index < -0.39 is 0 Å². The second-order valence-corrected chi connectivity index (χ2v) is 6.78. The van der Waals surface area contributed by atoms with Crippen LogP contribution < -0.4 is 0 Å². The van der Waals surface area contributed by atoms with Gasteiger partial charge in [0.2, 0.25) is 0 Å². The molecule has 0 saturated carbocycles. The first kappa shape index (κ1) is 16.6. The van der Waals surface area contributed by atoms with E-state index in [-0.39, 0.29) is 12.6 Å². The van der Waals surface area contributed by atoms with E-state index in [1.165, 1.54) is 5.56 Å². The normalized spacial score (nSPS) is 27.8. The molecule has 1 aromatic carbocycles. The number of hydrogen-bond donors (Lipinski definition) is 0. The van der Waals surface area contributed by atoms with Gasteiger partial charge < -0.3 is 4.74 Å². The van der Waals surface area contributed by atoms with Crippen LogP contribution in [0.15, 0.2) is 30.3 Å². The van der Waals surface area contributed by atoms with Crippen LogP contribution in [-0.4, -0.2) is 42.7 Å². The van der Waals surface area contributed by atoms with Crippen LogP contribution in [0.25, 0.3) is 0 Å². The molecule has 2 heterocycles. The summed E-state index contributed by atoms with van der Waals surface area (Å²) in [5.41, 5.74) is 1.32. The predicted octanol–water partition coefficient (Wildman–Crippen LogP) is 3.37. The zero-order valence-corrected chi connectivity index (χ0v) is 13.6. The zero-order valence-electron chi connectivity index (χ0n) is 13.6. The number of piperidine rings is 1. The Balaban J connectivity index is 1.60. The molecule has 126 valence electrons. The summed E-state index contributed by atoms with van der Waals surface area (Å²) in [6.07, 6.45) is 3.50. The van der Waals surface area contributed by atoms with Crippen molar-refractivity contribution in [2.75, 3.05) is 19.9 Å². The molecule has 2 aliphatic heterocycles. The minimum absolute atomic E-state index is 0.139. The maximum atomic E-state index is 12.4. The lowest BCUT2D eigenvalue weighted by molar-refractivity contribution is -0.133. The lowest BCUT2D eigenvalue weighted by atomic mass is 9.81. The Kier molecular flexibility index (Phi) is 5.79. The average molecular weight is 319 g/mol. The second kappa shape index (κ2) is 8.02. The SMILES string of the molecule is O=C(CCCCF)C1CC2COCC(C1)N2Cc1ccccc1. The molecule has 0 radical (unpaired) electrons. The third-order valence-corrected chi connectivity index (χ3v) is 5.14. The highest BCUT2D eigenvalue weighted by atomic mass is 19.1. The molecule has 23 heavy (non-hydrogen) atoms. The minimum atomic E-state index is -0.318. The van der Waals surface area contributed by atoms with Crippen LogP contribution in [0.3, 0.4) is 0 Å². The standard InChI is InChI=1S/C19H26FNO2/c20-9-5-4-8-19(22)16-10-17-13-23-14-18(11-16)21(17)12-15-6-2-1-3-7-15/h1-3,6-7,16-18H,4-5,8-14H2. The van der Waals surface area contributed by atoms with Gasteiger partial charge in [0, 0.05) is 31.0 Å². The molecule has 1 aromatic rings. The first-order chi connectivity index (χ1) is 11.3. The number of Topliss-reactive ketones (excluding diaryl/α,β-unsaturated/α-hetero) is 1. The molecule has 3 rings (SSSR count). The first-order valence-corrected chi connectivity index (χ1v) is 8.74. The Hall–Kier alpha value is -1.26. The molecular formula is C19H26FNO2. The largest absolute Gasteiger partial charge is 0.378 e. The van der Waals surface area contributed by atoms with Crippen LogP contribution >= 0.6 is 0 Å². The summed E-state index contributed by atoms with van der Waals surface area (Å²) >= 11 is 0. The van der Waals surface area contributed by atoms with Gasteiger partial charge >= 0.3 is 0 Å². The first-order valence-electron chi connectivity index (χ1n) is 8.74. The van der Waals surface area contributed by atoms with Gasteiger partial charge in [0.15, 0.2) is 0 Å². The minimum Gasteiger partial charge on any atom is -0.378 e. The summed E-state index contributed by atoms with van der Waals surface area (Å²) in [6, 6.07) is 11.2. The molecule has 2 bridgehead atoms. The molecule has 0 aliphatic carbocycles. The fourth-order valence-corrected chi connectivity index (χ4v) is 3.90. The predicted molar refractivity (Wildman–Crippen MR) is 87.9 cm³/mol. The number of ketones is 1. The van der Waals surface area contributed by atoms with E-state index in [1.54, 1.807) is 0 Å². The summed E-state index contributed by atoms with van der Waals surface area (Å²) in [5.74, 6) is 0.468. The summed E-state index contributed by atoms with van der Waals surface area (Å²) in [5, 5.41) is 0. The van der Waals surface area contributed by atoms with E-state index in [1.807, 2.05) is 6.07 Å². The maximum absolute atomic E-state index is 12.4. The summed E-state index contributed by atoms with van der Waals surface area (Å²) in [4.78, 5) is 14.9. The number of nitrogens with zero attached hydrogens (tertiary/aromatic N) is 1. The van der Waals surface area contributed by atoms with Gasteiger partial charge in [-0.2, -0.15) is 0 Å². The number of benzene rings is 1. The number of carbonyl (C=O) groups excluding carboxylic acids is 1. The molecule has 0 N–H and O–H groups in total. The molecule has 0 amide bonds. The quantitative estimate of drug-likeness (QED) is 0.722. The van der Waals surface area contributed by atoms with Crippen LogP contribution in [0.5, 0.6) is 0 Å². The summed E-state index contributed by atoms with van der Waals surface area (Å²) < 4.78 is 17.9. The molecule has 2 unspecified atom stereocenters. The molecule has 3 nitrogen and oxygen atoms in total. The molecule has 2 saturated heterocycles. The number of rotatable bonds is 7. The van der Waals surface area contributed by atoms with E-state index >= 15 is 0 Å². The van der Waals surface area contributed by atoms with Gasteiger partial charge in [-0.3, -0.25) is 14.1 Å². The number of unbranched alkanes of at least 4 members (excludes halogenated alkanes) is 1. The van der Waals surface area contributed by atoms with Crippen molar-refractivity contribution in [1.82, 2.24) is 4.90 Å². The Bertz CT molecular complexity index is 493. The van der Waals surface area contributed by atoms with E-state index in [0.29, 0.717) is 37.1 Å². The van der Waals surface area contributed by atoms with Crippen LogP contribution in [0.4, 0.5) is 4.39 Å². The van der Waals surface area contributed by atoms with Crippen molar-refractivity contribution >= 4 is 5.78 Å². The van der Waals surface area contributed by atoms with Gasteiger partial charge in [-0.1, -0.05) is 30.3 Å². The van der Waals surface area contributed by atoms with Gasteiger partial charge in [-0.25, -0.2) is 0 Å². The van der Waals surface area contributed by atoms with E-state index in [0.717, 1.165) is 32.6 Å². The van der Waals surface area contributed by atoms with E-state index in [4.69, 9.17) is 4.74 Å². The van der Waals surface area contributed by atoms with Crippen molar-refractivity contribution in [3.8, 4) is 0 Å². The second-order valence-electron chi connectivity index (χ2n) is 6.78. The van der Waals surface area contributed by atoms with E-state index in [2.05, 4.69) is 29.2 Å².